The van der Waals surface area contributed by atoms with Gasteiger partial charge in [0.1, 0.15) is 5.65 Å². The molecule has 1 fully saturated rings. The maximum atomic E-state index is 11.0. The van der Waals surface area contributed by atoms with Crippen molar-refractivity contribution in [3.05, 3.63) is 29.6 Å². The van der Waals surface area contributed by atoms with Crippen LogP contribution in [0.5, 0.6) is 0 Å². The Hall–Kier alpha value is -1.64. The molecule has 0 saturated heterocycles. The van der Waals surface area contributed by atoms with Crippen LogP contribution in [0, 0.1) is 0 Å². The number of hydrogen-bond acceptors (Lipinski definition) is 2. The summed E-state index contributed by atoms with van der Waals surface area (Å²) in [5.74, 6) is 0.560. The Morgan fingerprint density at radius 1 is 1.50 bits per heavy atom. The van der Waals surface area contributed by atoms with E-state index < -0.39 is 0 Å². The van der Waals surface area contributed by atoms with E-state index in [1.165, 1.54) is 12.8 Å². The Labute approximate surface area is 81.2 Å². The number of aromatic nitrogens is 2. The van der Waals surface area contributed by atoms with Gasteiger partial charge in [0.15, 0.2) is 6.29 Å². The molecular formula is C11H10N2O. The fourth-order valence-corrected chi connectivity index (χ4v) is 1.88. The van der Waals surface area contributed by atoms with Crippen LogP contribution in [0.15, 0.2) is 18.3 Å². The third-order valence-electron chi connectivity index (χ3n) is 2.74. The van der Waals surface area contributed by atoms with Crippen LogP contribution in [-0.4, -0.2) is 16.3 Å². The van der Waals surface area contributed by atoms with E-state index in [9.17, 15) is 4.79 Å². The molecule has 0 aliphatic heterocycles. The lowest BCUT2D eigenvalue weighted by atomic mass is 10.1. The van der Waals surface area contributed by atoms with Crippen LogP contribution in [0.3, 0.4) is 0 Å². The summed E-state index contributed by atoms with van der Waals surface area (Å²) in [5.41, 5.74) is 2.71. The van der Waals surface area contributed by atoms with Crippen LogP contribution in [-0.2, 0) is 0 Å². The van der Waals surface area contributed by atoms with Gasteiger partial charge in [-0.3, -0.25) is 4.79 Å². The van der Waals surface area contributed by atoms with Gasteiger partial charge in [0.05, 0.1) is 0 Å². The summed E-state index contributed by atoms with van der Waals surface area (Å²) in [6, 6.07) is 3.80. The molecule has 3 nitrogen and oxygen atoms in total. The first kappa shape index (κ1) is 7.74. The minimum absolute atomic E-state index is 0.560. The topological polar surface area (TPSA) is 45.8 Å². The van der Waals surface area contributed by atoms with Gasteiger partial charge < -0.3 is 4.98 Å². The van der Waals surface area contributed by atoms with Crippen molar-refractivity contribution >= 4 is 17.3 Å². The number of aldehydes is 1. The number of H-pyrrole nitrogens is 1. The number of fused-ring (bicyclic) bond motifs is 1. The first-order valence-corrected chi connectivity index (χ1v) is 4.82. The molecule has 2 aromatic heterocycles. The quantitative estimate of drug-likeness (QED) is 0.731. The zero-order chi connectivity index (χ0) is 9.54. The summed E-state index contributed by atoms with van der Waals surface area (Å²) < 4.78 is 0. The Kier molecular flexibility index (Phi) is 1.48. The second-order valence-electron chi connectivity index (χ2n) is 3.74. The highest BCUT2D eigenvalue weighted by atomic mass is 16.1. The van der Waals surface area contributed by atoms with Crippen molar-refractivity contribution < 1.29 is 4.79 Å². The van der Waals surface area contributed by atoms with Crippen LogP contribution < -0.4 is 0 Å². The van der Waals surface area contributed by atoms with Crippen LogP contribution in [0.1, 0.15) is 34.8 Å². The van der Waals surface area contributed by atoms with Crippen molar-refractivity contribution in [3.63, 3.8) is 0 Å². The molecule has 1 aliphatic carbocycles. The van der Waals surface area contributed by atoms with E-state index in [-0.39, 0.29) is 0 Å². The molecular weight excluding hydrogens is 176 g/mol. The minimum Gasteiger partial charge on any atom is -0.342 e. The van der Waals surface area contributed by atoms with Crippen LogP contribution in [0.4, 0.5) is 0 Å². The molecule has 14 heavy (non-hydrogen) atoms. The van der Waals surface area contributed by atoms with Gasteiger partial charge in [0.25, 0.3) is 0 Å². The van der Waals surface area contributed by atoms with Gasteiger partial charge in [0, 0.05) is 22.8 Å². The largest absolute Gasteiger partial charge is 0.342 e. The highest BCUT2D eigenvalue weighted by molar-refractivity contribution is 5.97. The first-order valence-electron chi connectivity index (χ1n) is 4.82. The maximum absolute atomic E-state index is 11.0. The Bertz CT molecular complexity index is 497. The van der Waals surface area contributed by atoms with Gasteiger partial charge in [-0.1, -0.05) is 0 Å². The fourth-order valence-electron chi connectivity index (χ4n) is 1.88. The summed E-state index contributed by atoms with van der Waals surface area (Å²) in [6.45, 7) is 0. The van der Waals surface area contributed by atoms with Crippen LogP contribution in [0.25, 0.3) is 11.0 Å². The van der Waals surface area contributed by atoms with Crippen molar-refractivity contribution in [2.24, 2.45) is 0 Å². The SMILES string of the molecule is O=Cc1c(C2CC2)[nH]c2ncccc12. The molecule has 3 heteroatoms. The first-order chi connectivity index (χ1) is 6.90. The fraction of sp³-hybridized carbons (Fsp3) is 0.273. The molecule has 0 radical (unpaired) electrons. The number of carbonyl (C=O) groups is 1. The number of nitrogens with one attached hydrogen (secondary N) is 1. The third-order valence-corrected chi connectivity index (χ3v) is 2.74. The molecule has 3 rings (SSSR count). The van der Waals surface area contributed by atoms with Crippen molar-refractivity contribution in [1.82, 2.24) is 9.97 Å². The van der Waals surface area contributed by atoms with E-state index in [2.05, 4.69) is 9.97 Å². The van der Waals surface area contributed by atoms with E-state index in [4.69, 9.17) is 0 Å². The molecule has 0 unspecified atom stereocenters. The molecule has 1 saturated carbocycles. The monoisotopic (exact) mass is 186 g/mol. The zero-order valence-corrected chi connectivity index (χ0v) is 7.66. The highest BCUT2D eigenvalue weighted by Crippen LogP contribution is 2.42. The predicted molar refractivity (Wildman–Crippen MR) is 53.5 cm³/mol. The highest BCUT2D eigenvalue weighted by Gasteiger charge is 2.28. The third kappa shape index (κ3) is 0.985. The molecule has 0 bridgehead atoms. The number of nitrogens with zero attached hydrogens (tertiary/aromatic N) is 1. The lowest BCUT2D eigenvalue weighted by Crippen LogP contribution is -1.85. The van der Waals surface area contributed by atoms with E-state index in [1.807, 2.05) is 12.1 Å². The normalized spacial score (nSPS) is 16.0. The van der Waals surface area contributed by atoms with E-state index in [0.717, 1.165) is 28.6 Å². The number of aromatic amines is 1. The summed E-state index contributed by atoms with van der Waals surface area (Å²) in [6.07, 6.45) is 5.06. The standard InChI is InChI=1S/C11H10N2O/c14-6-9-8-2-1-5-12-11(8)13-10(9)7-3-4-7/h1-2,5-7H,3-4H2,(H,12,13). The average Bonchev–Trinajstić information content (AvgIpc) is 2.99. The smallest absolute Gasteiger partial charge is 0.152 e. The van der Waals surface area contributed by atoms with E-state index in [1.54, 1.807) is 6.20 Å². The second kappa shape index (κ2) is 2.67. The lowest BCUT2D eigenvalue weighted by molar-refractivity contribution is 0.112. The Morgan fingerprint density at radius 2 is 2.36 bits per heavy atom. The Morgan fingerprint density at radius 3 is 3.07 bits per heavy atom. The van der Waals surface area contributed by atoms with Crippen LogP contribution in [0.2, 0.25) is 0 Å². The van der Waals surface area contributed by atoms with Gasteiger partial charge in [-0.2, -0.15) is 0 Å². The number of hydrogen-bond donors (Lipinski definition) is 1. The molecule has 70 valence electrons. The van der Waals surface area contributed by atoms with E-state index >= 15 is 0 Å². The van der Waals surface area contributed by atoms with Gasteiger partial charge >= 0.3 is 0 Å². The second-order valence-corrected chi connectivity index (χ2v) is 3.74. The number of pyridine rings is 1. The lowest BCUT2D eigenvalue weighted by Gasteiger charge is -1.92. The van der Waals surface area contributed by atoms with Crippen LogP contribution >= 0.6 is 0 Å². The molecule has 0 atom stereocenters. The van der Waals surface area contributed by atoms with Crippen molar-refractivity contribution in [3.8, 4) is 0 Å². The number of rotatable bonds is 2. The molecule has 0 spiro atoms. The van der Waals surface area contributed by atoms with Crippen molar-refractivity contribution in [2.75, 3.05) is 0 Å². The summed E-state index contributed by atoms with van der Waals surface area (Å²) in [4.78, 5) is 18.4. The van der Waals surface area contributed by atoms with E-state index in [0.29, 0.717) is 5.92 Å². The summed E-state index contributed by atoms with van der Waals surface area (Å²) >= 11 is 0. The van der Waals surface area contributed by atoms with Crippen molar-refractivity contribution in [1.29, 1.82) is 0 Å². The van der Waals surface area contributed by atoms with Gasteiger partial charge in [-0.05, 0) is 30.9 Å². The molecule has 2 aromatic rings. The molecule has 1 N–H and O–H groups in total. The summed E-state index contributed by atoms with van der Waals surface area (Å²) in [5, 5.41) is 0.949. The zero-order valence-electron chi connectivity index (χ0n) is 7.66. The number of carbonyl (C=O) groups excluding carboxylic acids is 1. The average molecular weight is 186 g/mol. The Balaban J connectivity index is 2.33. The molecule has 1 aliphatic rings. The van der Waals surface area contributed by atoms with Gasteiger partial charge in [-0.25, -0.2) is 4.98 Å². The molecule has 0 amide bonds. The maximum Gasteiger partial charge on any atom is 0.152 e. The molecule has 2 heterocycles. The minimum atomic E-state index is 0.560. The van der Waals surface area contributed by atoms with Crippen molar-refractivity contribution in [2.45, 2.75) is 18.8 Å². The summed E-state index contributed by atoms with van der Waals surface area (Å²) in [7, 11) is 0. The predicted octanol–water partition coefficient (Wildman–Crippen LogP) is 2.25. The molecule has 0 aromatic carbocycles. The van der Waals surface area contributed by atoms with Gasteiger partial charge in [-0.15, -0.1) is 0 Å². The van der Waals surface area contributed by atoms with Gasteiger partial charge in [0.2, 0.25) is 0 Å².